The second-order valence-electron chi connectivity index (χ2n) is 4.22. The van der Waals surface area contributed by atoms with Crippen LogP contribution in [0, 0.1) is 12.8 Å². The van der Waals surface area contributed by atoms with Crippen LogP contribution in [0.25, 0.3) is 0 Å². The van der Waals surface area contributed by atoms with E-state index in [1.165, 1.54) is 6.33 Å². The summed E-state index contributed by atoms with van der Waals surface area (Å²) in [7, 11) is 0. The molecule has 2 rings (SSSR count). The first-order chi connectivity index (χ1) is 7.69. The van der Waals surface area contributed by atoms with Crippen molar-refractivity contribution in [2.75, 3.05) is 6.61 Å². The minimum atomic E-state index is -0.474. The molecule has 5 heteroatoms. The molecule has 0 saturated heterocycles. The number of hydrogen-bond donors (Lipinski definition) is 2. The highest BCUT2D eigenvalue weighted by atomic mass is 16.5. The van der Waals surface area contributed by atoms with Gasteiger partial charge in [0.15, 0.2) is 0 Å². The molecule has 5 nitrogen and oxygen atoms in total. The Bertz CT molecular complexity index is 359. The molecule has 2 N–H and O–H groups in total. The maximum Gasteiger partial charge on any atom is 0.216 e. The van der Waals surface area contributed by atoms with Crippen molar-refractivity contribution in [2.45, 2.75) is 32.0 Å². The van der Waals surface area contributed by atoms with Gasteiger partial charge in [-0.05, 0) is 13.3 Å². The van der Waals surface area contributed by atoms with Gasteiger partial charge in [-0.25, -0.2) is 9.97 Å². The van der Waals surface area contributed by atoms with E-state index in [4.69, 9.17) is 9.84 Å². The molecule has 1 saturated carbocycles. The van der Waals surface area contributed by atoms with Crippen molar-refractivity contribution in [2.24, 2.45) is 5.92 Å². The van der Waals surface area contributed by atoms with Gasteiger partial charge in [0.2, 0.25) is 5.88 Å². The van der Waals surface area contributed by atoms with Crippen molar-refractivity contribution in [3.05, 3.63) is 18.1 Å². The van der Waals surface area contributed by atoms with E-state index in [2.05, 4.69) is 9.97 Å². The lowest BCUT2D eigenvalue weighted by molar-refractivity contribution is 0.0897. The van der Waals surface area contributed by atoms with E-state index in [0.29, 0.717) is 18.7 Å². The first-order valence-corrected chi connectivity index (χ1v) is 5.43. The van der Waals surface area contributed by atoms with Crippen molar-refractivity contribution >= 4 is 0 Å². The Balaban J connectivity index is 1.96. The lowest BCUT2D eigenvalue weighted by Crippen LogP contribution is -2.16. The summed E-state index contributed by atoms with van der Waals surface area (Å²) in [6.45, 7) is 1.87. The molecule has 1 aliphatic rings. The minimum Gasteiger partial charge on any atom is -0.474 e. The molecule has 0 bridgehead atoms. The molecule has 16 heavy (non-hydrogen) atoms. The standard InChI is InChI=1S/C11H16N2O3/c1-7-2-11(13-6-12-7)16-9-3-8(5-14)10(15)4-9/h2,6,8-10,14-15H,3-5H2,1H3/t8-,9+,10-/m0/s1. The first-order valence-electron chi connectivity index (χ1n) is 5.43. The molecule has 1 heterocycles. The highest BCUT2D eigenvalue weighted by Crippen LogP contribution is 2.28. The van der Waals surface area contributed by atoms with Crippen LogP contribution in [-0.4, -0.2) is 39.0 Å². The van der Waals surface area contributed by atoms with E-state index in [1.807, 2.05) is 6.92 Å². The number of aryl methyl sites for hydroxylation is 1. The van der Waals surface area contributed by atoms with Crippen LogP contribution in [-0.2, 0) is 0 Å². The summed E-state index contributed by atoms with van der Waals surface area (Å²) in [5.74, 6) is 0.455. The minimum absolute atomic E-state index is 0.00380. The molecule has 1 aromatic rings. The van der Waals surface area contributed by atoms with E-state index in [9.17, 15) is 5.11 Å². The zero-order valence-corrected chi connectivity index (χ0v) is 9.21. The van der Waals surface area contributed by atoms with Crippen molar-refractivity contribution < 1.29 is 14.9 Å². The zero-order chi connectivity index (χ0) is 11.5. The lowest BCUT2D eigenvalue weighted by Gasteiger charge is -2.12. The molecule has 88 valence electrons. The molecule has 3 atom stereocenters. The lowest BCUT2D eigenvalue weighted by atomic mass is 10.1. The molecule has 0 aliphatic heterocycles. The second-order valence-corrected chi connectivity index (χ2v) is 4.22. The molecule has 1 fully saturated rings. The smallest absolute Gasteiger partial charge is 0.216 e. The molecular weight excluding hydrogens is 208 g/mol. The maximum atomic E-state index is 9.62. The maximum absolute atomic E-state index is 9.62. The highest BCUT2D eigenvalue weighted by Gasteiger charge is 2.33. The van der Waals surface area contributed by atoms with Crippen LogP contribution in [0.1, 0.15) is 18.5 Å². The quantitative estimate of drug-likeness (QED) is 0.772. The average molecular weight is 224 g/mol. The van der Waals surface area contributed by atoms with E-state index < -0.39 is 6.10 Å². The monoisotopic (exact) mass is 224 g/mol. The third kappa shape index (κ3) is 2.48. The first kappa shape index (κ1) is 11.3. The van der Waals surface area contributed by atoms with E-state index >= 15 is 0 Å². The van der Waals surface area contributed by atoms with E-state index in [-0.39, 0.29) is 18.6 Å². The molecule has 0 spiro atoms. The highest BCUT2D eigenvalue weighted by molar-refractivity contribution is 5.12. The van der Waals surface area contributed by atoms with Crippen molar-refractivity contribution in [1.82, 2.24) is 9.97 Å². The number of nitrogens with zero attached hydrogens (tertiary/aromatic N) is 2. The van der Waals surface area contributed by atoms with Gasteiger partial charge >= 0.3 is 0 Å². The molecule has 0 radical (unpaired) electrons. The van der Waals surface area contributed by atoms with Gasteiger partial charge in [-0.15, -0.1) is 0 Å². The van der Waals surface area contributed by atoms with Gasteiger partial charge in [-0.3, -0.25) is 0 Å². The fourth-order valence-electron chi connectivity index (χ4n) is 2.01. The number of aromatic nitrogens is 2. The van der Waals surface area contributed by atoms with Gasteiger partial charge in [0, 0.05) is 30.7 Å². The molecular formula is C11H16N2O3. The van der Waals surface area contributed by atoms with Crippen molar-refractivity contribution in [3.63, 3.8) is 0 Å². The van der Waals surface area contributed by atoms with Crippen molar-refractivity contribution in [3.8, 4) is 5.88 Å². The van der Waals surface area contributed by atoms with Crippen molar-refractivity contribution in [1.29, 1.82) is 0 Å². The van der Waals surface area contributed by atoms with Crippen LogP contribution in [0.5, 0.6) is 5.88 Å². The van der Waals surface area contributed by atoms with Crippen LogP contribution >= 0.6 is 0 Å². The largest absolute Gasteiger partial charge is 0.474 e. The number of hydrogen-bond acceptors (Lipinski definition) is 5. The van der Waals surface area contributed by atoms with Gasteiger partial charge in [0.25, 0.3) is 0 Å². The van der Waals surface area contributed by atoms with Gasteiger partial charge in [-0.1, -0.05) is 0 Å². The summed E-state index contributed by atoms with van der Waals surface area (Å²) in [5, 5.41) is 18.6. The SMILES string of the molecule is Cc1cc(O[C@@H]2C[C@@H](CO)[C@@H](O)C2)ncn1. The van der Waals surface area contributed by atoms with E-state index in [1.54, 1.807) is 6.07 Å². The van der Waals surface area contributed by atoms with Crippen LogP contribution < -0.4 is 4.74 Å². The summed E-state index contributed by atoms with van der Waals surface area (Å²) in [6.07, 6.45) is 2.13. The Morgan fingerprint density at radius 3 is 2.88 bits per heavy atom. The Kier molecular flexibility index (Phi) is 3.36. The van der Waals surface area contributed by atoms with Crippen LogP contribution in [0.2, 0.25) is 0 Å². The number of aliphatic hydroxyl groups is 2. The molecule has 1 aromatic heterocycles. The van der Waals surface area contributed by atoms with Crippen LogP contribution in [0.15, 0.2) is 12.4 Å². The second kappa shape index (κ2) is 4.76. The molecule has 0 aromatic carbocycles. The fraction of sp³-hybridized carbons (Fsp3) is 0.636. The predicted octanol–water partition coefficient (Wildman–Crippen LogP) is 0.296. The Morgan fingerprint density at radius 2 is 2.25 bits per heavy atom. The summed E-state index contributed by atoms with van der Waals surface area (Å²) >= 11 is 0. The molecule has 0 amide bonds. The molecule has 1 aliphatic carbocycles. The molecule has 0 unspecified atom stereocenters. The third-order valence-corrected chi connectivity index (χ3v) is 2.91. The van der Waals surface area contributed by atoms with E-state index in [0.717, 1.165) is 5.69 Å². The van der Waals surface area contributed by atoms with Crippen LogP contribution in [0.4, 0.5) is 0 Å². The fourth-order valence-corrected chi connectivity index (χ4v) is 2.01. The number of aliphatic hydroxyl groups excluding tert-OH is 2. The number of rotatable bonds is 3. The zero-order valence-electron chi connectivity index (χ0n) is 9.21. The summed E-state index contributed by atoms with van der Waals surface area (Å²) in [5.41, 5.74) is 0.849. The number of ether oxygens (including phenoxy) is 1. The Hall–Kier alpha value is -1.20. The van der Waals surface area contributed by atoms with Gasteiger partial charge < -0.3 is 14.9 Å². The summed E-state index contributed by atoms with van der Waals surface area (Å²) in [4.78, 5) is 7.98. The Labute approximate surface area is 94.1 Å². The van der Waals surface area contributed by atoms with Gasteiger partial charge in [0.05, 0.1) is 6.10 Å². The summed E-state index contributed by atoms with van der Waals surface area (Å²) in [6, 6.07) is 1.76. The third-order valence-electron chi connectivity index (χ3n) is 2.91. The van der Waals surface area contributed by atoms with Crippen LogP contribution in [0.3, 0.4) is 0 Å². The topological polar surface area (TPSA) is 75.5 Å². The summed E-state index contributed by atoms with van der Waals surface area (Å²) < 4.78 is 5.64. The normalized spacial score (nSPS) is 29.3. The van der Waals surface area contributed by atoms with Gasteiger partial charge in [0.1, 0.15) is 12.4 Å². The predicted molar refractivity (Wildman–Crippen MR) is 57.0 cm³/mol. The average Bonchev–Trinajstić information content (AvgIpc) is 2.58. The van der Waals surface area contributed by atoms with Gasteiger partial charge in [-0.2, -0.15) is 0 Å². The Morgan fingerprint density at radius 1 is 1.44 bits per heavy atom.